The van der Waals surface area contributed by atoms with Gasteiger partial charge < -0.3 is 0 Å². The molecule has 0 fully saturated rings. The van der Waals surface area contributed by atoms with Crippen LogP contribution in [-0.4, -0.2) is 9.97 Å². The molecule has 0 saturated heterocycles. The van der Waals surface area contributed by atoms with Crippen LogP contribution in [0.25, 0.3) is 55.7 Å². The second-order valence-electron chi connectivity index (χ2n) is 10.4. The van der Waals surface area contributed by atoms with Crippen LogP contribution < -0.4 is 0 Å². The second-order valence-corrected chi connectivity index (χ2v) is 10.4. The maximum absolute atomic E-state index is 14.0. The van der Waals surface area contributed by atoms with Gasteiger partial charge in [-0.3, -0.25) is 0 Å². The molecule has 3 aromatic carbocycles. The van der Waals surface area contributed by atoms with Gasteiger partial charge in [-0.1, -0.05) is 24.3 Å². The van der Waals surface area contributed by atoms with E-state index in [1.54, 1.807) is 48.5 Å². The number of benzene rings is 3. The molecule has 0 atom stereocenters. The van der Waals surface area contributed by atoms with E-state index in [2.05, 4.69) is 9.97 Å². The van der Waals surface area contributed by atoms with Crippen LogP contribution in [0.15, 0.2) is 83.9 Å². The monoisotopic (exact) mass is 604 g/mol. The van der Waals surface area contributed by atoms with Gasteiger partial charge in [0.2, 0.25) is 23.8 Å². The Bertz CT molecular complexity index is 2220. The van der Waals surface area contributed by atoms with Crippen LogP contribution in [0.4, 0.5) is 17.6 Å². The summed E-state index contributed by atoms with van der Waals surface area (Å²) in [5.41, 5.74) is 5.96. The van der Waals surface area contributed by atoms with Gasteiger partial charge in [0.15, 0.2) is 0 Å². The molecular formula is C36H12F4N6. The summed E-state index contributed by atoms with van der Waals surface area (Å²) in [4.78, 5) is 6.28. The Morgan fingerprint density at radius 3 is 1.04 bits per heavy atom. The lowest BCUT2D eigenvalue weighted by Gasteiger charge is -2.08. The molecule has 0 saturated carbocycles. The molecule has 214 valence electrons. The van der Waals surface area contributed by atoms with Crippen LogP contribution in [0.1, 0.15) is 22.3 Å². The minimum Gasteiger partial charge on any atom is -0.192 e. The highest BCUT2D eigenvalue weighted by Gasteiger charge is 2.34. The van der Waals surface area contributed by atoms with Crippen molar-refractivity contribution in [2.24, 2.45) is 0 Å². The zero-order valence-electron chi connectivity index (χ0n) is 23.1. The summed E-state index contributed by atoms with van der Waals surface area (Å²) in [6, 6.07) is 25.6. The van der Waals surface area contributed by atoms with Crippen molar-refractivity contribution in [3.05, 3.63) is 130 Å². The van der Waals surface area contributed by atoms with Gasteiger partial charge in [0.05, 0.1) is 0 Å². The molecule has 2 heterocycles. The Labute approximate surface area is 258 Å². The molecule has 10 heteroatoms. The molecule has 0 spiro atoms. The third-order valence-electron chi connectivity index (χ3n) is 7.99. The number of rotatable bonds is 2. The molecule has 2 aliphatic carbocycles. The number of nitriles is 4. The zero-order chi connectivity index (χ0) is 32.3. The molecule has 0 N–H and O–H groups in total. The summed E-state index contributed by atoms with van der Waals surface area (Å²) in [7, 11) is 0. The lowest BCUT2D eigenvalue weighted by molar-refractivity contribution is 0.512. The van der Waals surface area contributed by atoms with E-state index < -0.39 is 23.8 Å². The minimum atomic E-state index is -1.01. The standard InChI is InChI=1S/C36H12F4N6/c37-31-7-19(8-32(38)45-31)17-1-3-23-25-11-30-26(12-29(25)35(27(23)5-17)21(13-41)14-42)24-4-2-18(20-9-33(39)46-34(40)10-20)6-28(24)36(30)22(15-43)16-44/h1-12H. The Hall–Kier alpha value is -6.88. The van der Waals surface area contributed by atoms with Crippen LogP contribution in [0.3, 0.4) is 0 Å². The summed E-state index contributed by atoms with van der Waals surface area (Å²) in [5.74, 6) is -4.03. The first-order chi connectivity index (χ1) is 22.2. The molecule has 0 aliphatic heterocycles. The van der Waals surface area contributed by atoms with Crippen LogP contribution in [0, 0.1) is 69.1 Å². The lowest BCUT2D eigenvalue weighted by atomic mass is 9.93. The van der Waals surface area contributed by atoms with Gasteiger partial charge in [-0.2, -0.15) is 48.6 Å². The van der Waals surface area contributed by atoms with Gasteiger partial charge >= 0.3 is 0 Å². The smallest absolute Gasteiger partial charge is 0.192 e. The minimum absolute atomic E-state index is 0.190. The summed E-state index contributed by atoms with van der Waals surface area (Å²) in [6.45, 7) is 0. The normalized spacial score (nSPS) is 11.7. The molecule has 0 bridgehead atoms. The summed E-state index contributed by atoms with van der Waals surface area (Å²) in [6.07, 6.45) is 0. The van der Waals surface area contributed by atoms with Gasteiger partial charge in [-0.05, 0) is 91.0 Å². The predicted octanol–water partition coefficient (Wildman–Crippen LogP) is 8.03. The fourth-order valence-electron chi connectivity index (χ4n) is 6.16. The third kappa shape index (κ3) is 4.22. The first-order valence-electron chi connectivity index (χ1n) is 13.5. The first-order valence-corrected chi connectivity index (χ1v) is 13.5. The van der Waals surface area contributed by atoms with E-state index in [1.807, 2.05) is 24.3 Å². The second kappa shape index (κ2) is 10.4. The molecule has 2 aromatic heterocycles. The van der Waals surface area contributed by atoms with Crippen molar-refractivity contribution in [1.29, 1.82) is 21.0 Å². The van der Waals surface area contributed by atoms with E-state index >= 15 is 0 Å². The topological polar surface area (TPSA) is 121 Å². The molecule has 7 rings (SSSR count). The summed E-state index contributed by atoms with van der Waals surface area (Å²) >= 11 is 0. The van der Waals surface area contributed by atoms with E-state index in [4.69, 9.17) is 0 Å². The summed E-state index contributed by atoms with van der Waals surface area (Å²) < 4.78 is 55.8. The van der Waals surface area contributed by atoms with Crippen molar-refractivity contribution in [3.8, 4) is 68.8 Å². The fourth-order valence-corrected chi connectivity index (χ4v) is 6.16. The molecule has 0 radical (unpaired) electrons. The Kier molecular flexibility index (Phi) is 6.30. The van der Waals surface area contributed by atoms with E-state index in [9.17, 15) is 38.6 Å². The highest BCUT2D eigenvalue weighted by Crippen LogP contribution is 2.54. The Morgan fingerprint density at radius 2 is 0.717 bits per heavy atom. The van der Waals surface area contributed by atoms with Crippen LogP contribution in [-0.2, 0) is 0 Å². The van der Waals surface area contributed by atoms with E-state index in [1.165, 1.54) is 0 Å². The summed E-state index contributed by atoms with van der Waals surface area (Å²) in [5, 5.41) is 39.7. The van der Waals surface area contributed by atoms with Crippen molar-refractivity contribution in [2.45, 2.75) is 0 Å². The molecule has 0 unspecified atom stereocenters. The van der Waals surface area contributed by atoms with Crippen LogP contribution >= 0.6 is 0 Å². The van der Waals surface area contributed by atoms with Crippen molar-refractivity contribution < 1.29 is 17.6 Å². The Morgan fingerprint density at radius 1 is 0.391 bits per heavy atom. The van der Waals surface area contributed by atoms with Gasteiger partial charge in [0, 0.05) is 35.4 Å². The van der Waals surface area contributed by atoms with Gasteiger partial charge in [-0.15, -0.1) is 0 Å². The van der Waals surface area contributed by atoms with Gasteiger partial charge in [-0.25, -0.2) is 0 Å². The van der Waals surface area contributed by atoms with Crippen LogP contribution in [0.2, 0.25) is 0 Å². The van der Waals surface area contributed by atoms with Gasteiger partial charge in [0.1, 0.15) is 35.4 Å². The number of fused-ring (bicyclic) bond motifs is 6. The van der Waals surface area contributed by atoms with Crippen molar-refractivity contribution in [1.82, 2.24) is 9.97 Å². The van der Waals surface area contributed by atoms with Crippen LogP contribution in [0.5, 0.6) is 0 Å². The van der Waals surface area contributed by atoms with Crippen molar-refractivity contribution in [2.75, 3.05) is 0 Å². The number of pyridine rings is 2. The average molecular weight is 605 g/mol. The quantitative estimate of drug-likeness (QED) is 0.112. The number of aromatic nitrogens is 2. The predicted molar refractivity (Wildman–Crippen MR) is 158 cm³/mol. The molecule has 6 nitrogen and oxygen atoms in total. The van der Waals surface area contributed by atoms with E-state index in [0.717, 1.165) is 24.3 Å². The molecule has 5 aromatic rings. The molecule has 46 heavy (non-hydrogen) atoms. The van der Waals surface area contributed by atoms with E-state index in [0.29, 0.717) is 66.8 Å². The first kappa shape index (κ1) is 27.9. The Balaban J connectivity index is 1.49. The fraction of sp³-hybridized carbons (Fsp3) is 0. The molecular weight excluding hydrogens is 592 g/mol. The van der Waals surface area contributed by atoms with Crippen molar-refractivity contribution in [3.63, 3.8) is 0 Å². The highest BCUT2D eigenvalue weighted by atomic mass is 19.1. The number of allylic oxidation sites excluding steroid dienone is 2. The number of hydrogen-bond donors (Lipinski definition) is 0. The highest BCUT2D eigenvalue weighted by molar-refractivity contribution is 6.11. The van der Waals surface area contributed by atoms with E-state index in [-0.39, 0.29) is 22.3 Å². The maximum Gasteiger partial charge on any atom is 0.216 e. The molecule has 0 amide bonds. The van der Waals surface area contributed by atoms with Gasteiger partial charge in [0.25, 0.3) is 0 Å². The zero-order valence-corrected chi connectivity index (χ0v) is 23.1. The third-order valence-corrected chi connectivity index (χ3v) is 7.99. The number of halogens is 4. The SMILES string of the molecule is N#CC(C#N)=C1c2cc(-c3cc(F)nc(F)c3)ccc2-c2cc3c(cc21)-c1ccc(-c2cc(F)nc(F)c2)cc1C3=C(C#N)C#N. The van der Waals surface area contributed by atoms with Crippen molar-refractivity contribution >= 4 is 11.1 Å². The average Bonchev–Trinajstić information content (AvgIpc) is 3.52. The maximum atomic E-state index is 14.0. The number of hydrogen-bond acceptors (Lipinski definition) is 6. The largest absolute Gasteiger partial charge is 0.216 e. The molecule has 2 aliphatic rings. The number of nitrogens with zero attached hydrogens (tertiary/aromatic N) is 6. The lowest BCUT2D eigenvalue weighted by Crippen LogP contribution is -1.92.